The monoisotopic (exact) mass is 288 g/mol. The second-order valence-corrected chi connectivity index (χ2v) is 6.78. The molecule has 1 heterocycles. The van der Waals surface area contributed by atoms with Crippen LogP contribution in [0.2, 0.25) is 0 Å². The van der Waals surface area contributed by atoms with Crippen molar-refractivity contribution >= 4 is 15.7 Å². The first-order valence-electron chi connectivity index (χ1n) is 6.03. The molecule has 1 fully saturated rings. The summed E-state index contributed by atoms with van der Waals surface area (Å²) >= 11 is 0. The molecule has 1 aliphatic heterocycles. The van der Waals surface area contributed by atoms with E-state index in [1.807, 2.05) is 0 Å². The van der Waals surface area contributed by atoms with Gasteiger partial charge in [0.2, 0.25) is 10.0 Å². The first kappa shape index (κ1) is 14.2. The first-order chi connectivity index (χ1) is 8.86. The smallest absolute Gasteiger partial charge is 0.243 e. The predicted molar refractivity (Wildman–Crippen MR) is 69.5 cm³/mol. The third kappa shape index (κ3) is 2.58. The van der Waals surface area contributed by atoms with E-state index in [0.717, 1.165) is 6.07 Å². The topological polar surface area (TPSA) is 83.6 Å². The Labute approximate surface area is 111 Å². The predicted octanol–water partition coefficient (Wildman–Crippen LogP) is 0.719. The number of anilines is 1. The van der Waals surface area contributed by atoms with Crippen molar-refractivity contribution in [1.29, 1.82) is 0 Å². The lowest BCUT2D eigenvalue weighted by Crippen LogP contribution is -2.29. The number of hydrogen-bond donors (Lipinski definition) is 2. The summed E-state index contributed by atoms with van der Waals surface area (Å²) in [6.45, 7) is 2.10. The summed E-state index contributed by atoms with van der Waals surface area (Å²) in [6, 6.07) is 2.43. The molecule has 7 heteroatoms. The van der Waals surface area contributed by atoms with Crippen LogP contribution in [0.1, 0.15) is 12.0 Å². The average Bonchev–Trinajstić information content (AvgIpc) is 2.84. The van der Waals surface area contributed by atoms with Gasteiger partial charge in [0.1, 0.15) is 5.82 Å². The van der Waals surface area contributed by atoms with Crippen molar-refractivity contribution in [2.45, 2.75) is 18.2 Å². The van der Waals surface area contributed by atoms with Crippen LogP contribution in [0.3, 0.4) is 0 Å². The van der Waals surface area contributed by atoms with E-state index in [2.05, 4.69) is 0 Å². The van der Waals surface area contributed by atoms with Gasteiger partial charge in [-0.25, -0.2) is 12.8 Å². The Morgan fingerprint density at radius 1 is 1.53 bits per heavy atom. The zero-order valence-corrected chi connectivity index (χ0v) is 11.5. The molecule has 0 amide bonds. The number of hydrogen-bond acceptors (Lipinski definition) is 4. The second kappa shape index (κ2) is 5.07. The lowest BCUT2D eigenvalue weighted by molar-refractivity contribution is 0.233. The number of sulfonamides is 1. The number of halogens is 1. The number of nitrogens with two attached hydrogens (primary N) is 1. The summed E-state index contributed by atoms with van der Waals surface area (Å²) in [4.78, 5) is 0.00231. The van der Waals surface area contributed by atoms with Crippen LogP contribution in [-0.4, -0.2) is 37.5 Å². The lowest BCUT2D eigenvalue weighted by atomic mass is 10.1. The number of aliphatic hydroxyl groups excluding tert-OH is 1. The third-order valence-electron chi connectivity index (χ3n) is 3.40. The minimum absolute atomic E-state index is 0.00231. The van der Waals surface area contributed by atoms with Gasteiger partial charge in [0.25, 0.3) is 0 Å². The number of nitrogen functional groups attached to an aromatic ring is 1. The highest BCUT2D eigenvalue weighted by Gasteiger charge is 2.32. The molecule has 1 aliphatic rings. The largest absolute Gasteiger partial charge is 0.396 e. The van der Waals surface area contributed by atoms with E-state index in [9.17, 15) is 12.8 Å². The van der Waals surface area contributed by atoms with Crippen molar-refractivity contribution in [3.63, 3.8) is 0 Å². The molecular formula is C12H17FN2O3S. The summed E-state index contributed by atoms with van der Waals surface area (Å²) in [6.07, 6.45) is 0.630. The number of aliphatic hydroxyl groups is 1. The fraction of sp³-hybridized carbons (Fsp3) is 0.500. The van der Waals surface area contributed by atoms with Crippen LogP contribution in [-0.2, 0) is 10.0 Å². The normalized spacial score (nSPS) is 20.9. The van der Waals surface area contributed by atoms with Crippen molar-refractivity contribution in [2.75, 3.05) is 25.4 Å². The van der Waals surface area contributed by atoms with Crippen LogP contribution < -0.4 is 5.73 Å². The molecule has 1 saturated heterocycles. The fourth-order valence-electron chi connectivity index (χ4n) is 2.23. The van der Waals surface area contributed by atoms with Crippen LogP contribution in [0, 0.1) is 18.7 Å². The van der Waals surface area contributed by atoms with E-state index in [1.54, 1.807) is 0 Å². The summed E-state index contributed by atoms with van der Waals surface area (Å²) in [7, 11) is -3.67. The van der Waals surface area contributed by atoms with Gasteiger partial charge in [0.05, 0.1) is 10.6 Å². The van der Waals surface area contributed by atoms with E-state index in [0.29, 0.717) is 13.0 Å². The SMILES string of the molecule is Cc1cc(S(=O)(=O)N2CCC(CO)C2)cc(N)c1F. The summed E-state index contributed by atoms with van der Waals surface area (Å²) in [5, 5.41) is 9.05. The van der Waals surface area contributed by atoms with Crippen molar-refractivity contribution in [1.82, 2.24) is 4.31 Å². The Hall–Kier alpha value is -1.18. The molecule has 1 aromatic carbocycles. The van der Waals surface area contributed by atoms with E-state index in [1.165, 1.54) is 17.3 Å². The average molecular weight is 288 g/mol. The summed E-state index contributed by atoms with van der Waals surface area (Å²) in [5.74, 6) is -0.623. The lowest BCUT2D eigenvalue weighted by Gasteiger charge is -2.17. The maximum absolute atomic E-state index is 13.4. The number of aryl methyl sites for hydroxylation is 1. The van der Waals surface area contributed by atoms with E-state index in [4.69, 9.17) is 10.8 Å². The quantitative estimate of drug-likeness (QED) is 0.803. The number of nitrogens with zero attached hydrogens (tertiary/aromatic N) is 1. The summed E-state index contributed by atoms with van der Waals surface area (Å²) in [5.41, 5.74) is 5.51. The second-order valence-electron chi connectivity index (χ2n) is 4.84. The molecule has 106 valence electrons. The first-order valence-corrected chi connectivity index (χ1v) is 7.47. The van der Waals surface area contributed by atoms with Crippen LogP contribution >= 0.6 is 0 Å². The highest BCUT2D eigenvalue weighted by atomic mass is 32.2. The Morgan fingerprint density at radius 2 is 2.21 bits per heavy atom. The van der Waals surface area contributed by atoms with Crippen molar-refractivity contribution in [2.24, 2.45) is 5.92 Å². The molecular weight excluding hydrogens is 271 g/mol. The van der Waals surface area contributed by atoms with Gasteiger partial charge in [-0.3, -0.25) is 0 Å². The van der Waals surface area contributed by atoms with Gasteiger partial charge in [-0.05, 0) is 37.0 Å². The van der Waals surface area contributed by atoms with Gasteiger partial charge >= 0.3 is 0 Å². The number of rotatable bonds is 3. The molecule has 1 aromatic rings. The molecule has 1 atom stereocenters. The van der Waals surface area contributed by atoms with E-state index in [-0.39, 0.29) is 35.2 Å². The van der Waals surface area contributed by atoms with Crippen LogP contribution in [0.15, 0.2) is 17.0 Å². The standard InChI is InChI=1S/C12H17FN2O3S/c1-8-4-10(5-11(14)12(8)13)19(17,18)15-3-2-9(6-15)7-16/h4-5,9,16H,2-3,6-7,14H2,1H3. The molecule has 3 N–H and O–H groups in total. The van der Waals surface area contributed by atoms with Gasteiger partial charge in [-0.1, -0.05) is 0 Å². The zero-order valence-electron chi connectivity index (χ0n) is 10.6. The minimum atomic E-state index is -3.67. The fourth-order valence-corrected chi connectivity index (χ4v) is 3.88. The molecule has 1 unspecified atom stereocenters. The maximum Gasteiger partial charge on any atom is 0.243 e. The molecule has 0 radical (unpaired) electrons. The number of benzene rings is 1. The van der Waals surface area contributed by atoms with E-state index < -0.39 is 15.8 Å². The molecule has 0 spiro atoms. The van der Waals surface area contributed by atoms with Crippen molar-refractivity contribution < 1.29 is 17.9 Å². The van der Waals surface area contributed by atoms with Crippen LogP contribution in [0.5, 0.6) is 0 Å². The zero-order chi connectivity index (χ0) is 14.2. The van der Waals surface area contributed by atoms with Crippen LogP contribution in [0.25, 0.3) is 0 Å². The maximum atomic E-state index is 13.4. The van der Waals surface area contributed by atoms with E-state index >= 15 is 0 Å². The molecule has 0 bridgehead atoms. The van der Waals surface area contributed by atoms with Gasteiger partial charge < -0.3 is 10.8 Å². The molecule has 0 aromatic heterocycles. The highest BCUT2D eigenvalue weighted by molar-refractivity contribution is 7.89. The van der Waals surface area contributed by atoms with Crippen LogP contribution in [0.4, 0.5) is 10.1 Å². The van der Waals surface area contributed by atoms with Crippen molar-refractivity contribution in [3.8, 4) is 0 Å². The van der Waals surface area contributed by atoms with Crippen molar-refractivity contribution in [3.05, 3.63) is 23.5 Å². The third-order valence-corrected chi connectivity index (χ3v) is 5.24. The Bertz CT molecular complexity index is 566. The van der Waals surface area contributed by atoms with Gasteiger partial charge in [0, 0.05) is 19.7 Å². The minimum Gasteiger partial charge on any atom is -0.396 e. The molecule has 5 nitrogen and oxygen atoms in total. The molecule has 19 heavy (non-hydrogen) atoms. The summed E-state index contributed by atoms with van der Waals surface area (Å²) < 4.78 is 39.5. The van der Waals surface area contributed by atoms with Gasteiger partial charge in [-0.2, -0.15) is 4.31 Å². The molecule has 2 rings (SSSR count). The molecule has 0 aliphatic carbocycles. The van der Waals surface area contributed by atoms with Gasteiger partial charge in [0.15, 0.2) is 0 Å². The van der Waals surface area contributed by atoms with Gasteiger partial charge in [-0.15, -0.1) is 0 Å². The Balaban J connectivity index is 2.35. The Morgan fingerprint density at radius 3 is 2.74 bits per heavy atom. The molecule has 0 saturated carbocycles. The Kier molecular flexibility index (Phi) is 3.80. The highest BCUT2D eigenvalue weighted by Crippen LogP contribution is 2.27.